The Bertz CT molecular complexity index is 303. The summed E-state index contributed by atoms with van der Waals surface area (Å²) in [4.78, 5) is 0. The lowest BCUT2D eigenvalue weighted by molar-refractivity contribution is 0.0286. The first-order valence-electron chi connectivity index (χ1n) is 8.22. The van der Waals surface area contributed by atoms with E-state index in [4.69, 9.17) is 0 Å². The van der Waals surface area contributed by atoms with Gasteiger partial charge in [0.25, 0.3) is 0 Å². The largest absolute Gasteiger partial charge is 0.0993 e. The zero-order chi connectivity index (χ0) is 13.3. The average molecular weight is 248 g/mol. The molecule has 0 amide bonds. The Labute approximate surface area is 114 Å². The Kier molecular flexibility index (Phi) is 4.24. The van der Waals surface area contributed by atoms with E-state index in [1.807, 2.05) is 0 Å². The van der Waals surface area contributed by atoms with Crippen LogP contribution in [0.1, 0.15) is 72.6 Å². The first kappa shape index (κ1) is 14.2. The van der Waals surface area contributed by atoms with E-state index < -0.39 is 0 Å². The van der Waals surface area contributed by atoms with Crippen molar-refractivity contribution in [3.63, 3.8) is 0 Å². The molecular formula is C18H32. The zero-order valence-electron chi connectivity index (χ0n) is 13.0. The summed E-state index contributed by atoms with van der Waals surface area (Å²) in [5, 5.41) is 0. The van der Waals surface area contributed by atoms with Crippen molar-refractivity contribution in [1.82, 2.24) is 0 Å². The van der Waals surface area contributed by atoms with Crippen molar-refractivity contribution in [3.8, 4) is 0 Å². The lowest BCUT2D eigenvalue weighted by Gasteiger charge is -2.48. The standard InChI is InChI=1S/C18H32/c1-6-8-13(3)16-11-12-18(5)14(4)9-10-17(18)15(16)7-2/h13,15-17H,4,6-12H2,1-3,5H3. The molecule has 0 bridgehead atoms. The molecule has 0 spiro atoms. The monoisotopic (exact) mass is 248 g/mol. The van der Waals surface area contributed by atoms with E-state index in [1.54, 1.807) is 5.57 Å². The molecule has 18 heavy (non-hydrogen) atoms. The molecule has 2 aliphatic carbocycles. The SMILES string of the molecule is C=C1CCC2C(CC)C(C(C)CCC)CCC12C. The van der Waals surface area contributed by atoms with Crippen LogP contribution in [0.25, 0.3) is 0 Å². The van der Waals surface area contributed by atoms with Crippen LogP contribution >= 0.6 is 0 Å². The van der Waals surface area contributed by atoms with Crippen LogP contribution in [-0.4, -0.2) is 0 Å². The molecule has 0 heteroatoms. The number of allylic oxidation sites excluding steroid dienone is 1. The van der Waals surface area contributed by atoms with Crippen LogP contribution in [0.3, 0.4) is 0 Å². The first-order chi connectivity index (χ1) is 8.54. The van der Waals surface area contributed by atoms with E-state index in [2.05, 4.69) is 34.3 Å². The Morgan fingerprint density at radius 1 is 1.33 bits per heavy atom. The average Bonchev–Trinajstić information content (AvgIpc) is 2.65. The molecule has 0 aromatic carbocycles. The molecule has 2 aliphatic rings. The highest BCUT2D eigenvalue weighted by atomic mass is 14.5. The predicted octanol–water partition coefficient (Wildman–Crippen LogP) is 5.83. The minimum Gasteiger partial charge on any atom is -0.0993 e. The molecule has 5 unspecified atom stereocenters. The van der Waals surface area contributed by atoms with Gasteiger partial charge in [0, 0.05) is 0 Å². The van der Waals surface area contributed by atoms with Crippen molar-refractivity contribution in [2.45, 2.75) is 72.6 Å². The summed E-state index contributed by atoms with van der Waals surface area (Å²) in [6, 6.07) is 0. The van der Waals surface area contributed by atoms with Crippen molar-refractivity contribution >= 4 is 0 Å². The molecular weight excluding hydrogens is 216 g/mol. The maximum atomic E-state index is 4.39. The molecule has 0 aromatic heterocycles. The summed E-state index contributed by atoms with van der Waals surface area (Å²) in [5.74, 6) is 3.81. The maximum Gasteiger partial charge on any atom is -0.00879 e. The summed E-state index contributed by atoms with van der Waals surface area (Å²) in [5.41, 5.74) is 2.05. The third kappa shape index (κ3) is 2.17. The van der Waals surface area contributed by atoms with E-state index in [0.717, 1.165) is 23.7 Å². The predicted molar refractivity (Wildman–Crippen MR) is 80.5 cm³/mol. The van der Waals surface area contributed by atoms with Gasteiger partial charge in [0.1, 0.15) is 0 Å². The summed E-state index contributed by atoms with van der Waals surface area (Å²) in [6.07, 6.45) is 9.73. The Morgan fingerprint density at radius 3 is 2.67 bits per heavy atom. The Morgan fingerprint density at radius 2 is 2.06 bits per heavy atom. The minimum absolute atomic E-state index is 0.489. The lowest BCUT2D eigenvalue weighted by atomic mass is 9.56. The van der Waals surface area contributed by atoms with Gasteiger partial charge in [0.2, 0.25) is 0 Å². The minimum atomic E-state index is 0.489. The number of fused-ring (bicyclic) bond motifs is 1. The third-order valence-corrected chi connectivity index (χ3v) is 6.39. The van der Waals surface area contributed by atoms with Gasteiger partial charge in [-0.05, 0) is 54.8 Å². The lowest BCUT2D eigenvalue weighted by Crippen LogP contribution is -2.40. The van der Waals surface area contributed by atoms with Crippen molar-refractivity contribution in [2.24, 2.45) is 29.1 Å². The summed E-state index contributed by atoms with van der Waals surface area (Å²) >= 11 is 0. The molecule has 2 rings (SSSR count). The van der Waals surface area contributed by atoms with E-state index in [0.29, 0.717) is 5.41 Å². The second-order valence-electron chi connectivity index (χ2n) is 7.21. The molecule has 0 nitrogen and oxygen atoms in total. The first-order valence-corrected chi connectivity index (χ1v) is 8.22. The Balaban J connectivity index is 2.17. The molecule has 104 valence electrons. The van der Waals surface area contributed by atoms with Gasteiger partial charge >= 0.3 is 0 Å². The summed E-state index contributed by atoms with van der Waals surface area (Å²) in [7, 11) is 0. The highest BCUT2D eigenvalue weighted by Gasteiger charge is 2.50. The van der Waals surface area contributed by atoms with E-state index in [9.17, 15) is 0 Å². The molecule has 0 aliphatic heterocycles. The van der Waals surface area contributed by atoms with Gasteiger partial charge in [-0.2, -0.15) is 0 Å². The molecule has 0 N–H and O–H groups in total. The van der Waals surface area contributed by atoms with E-state index >= 15 is 0 Å². The molecule has 0 saturated heterocycles. The van der Waals surface area contributed by atoms with Crippen molar-refractivity contribution in [2.75, 3.05) is 0 Å². The van der Waals surface area contributed by atoms with Gasteiger partial charge < -0.3 is 0 Å². The van der Waals surface area contributed by atoms with Crippen LogP contribution in [0.15, 0.2) is 12.2 Å². The second kappa shape index (κ2) is 5.39. The molecule has 5 atom stereocenters. The fourth-order valence-corrected chi connectivity index (χ4v) is 5.19. The van der Waals surface area contributed by atoms with Crippen LogP contribution in [0.4, 0.5) is 0 Å². The maximum absolute atomic E-state index is 4.39. The second-order valence-corrected chi connectivity index (χ2v) is 7.21. The molecule has 2 fully saturated rings. The van der Waals surface area contributed by atoms with Gasteiger partial charge in [0.15, 0.2) is 0 Å². The number of rotatable bonds is 4. The normalized spacial score (nSPS) is 41.8. The smallest absolute Gasteiger partial charge is 0.00879 e. The van der Waals surface area contributed by atoms with Crippen LogP contribution in [0.5, 0.6) is 0 Å². The van der Waals surface area contributed by atoms with E-state index in [-0.39, 0.29) is 0 Å². The van der Waals surface area contributed by atoms with Crippen LogP contribution in [0.2, 0.25) is 0 Å². The summed E-state index contributed by atoms with van der Waals surface area (Å²) in [6.45, 7) is 14.2. The summed E-state index contributed by atoms with van der Waals surface area (Å²) < 4.78 is 0. The topological polar surface area (TPSA) is 0 Å². The van der Waals surface area contributed by atoms with Crippen LogP contribution in [-0.2, 0) is 0 Å². The number of hydrogen-bond acceptors (Lipinski definition) is 0. The van der Waals surface area contributed by atoms with Gasteiger partial charge in [-0.3, -0.25) is 0 Å². The van der Waals surface area contributed by atoms with Crippen molar-refractivity contribution in [3.05, 3.63) is 12.2 Å². The van der Waals surface area contributed by atoms with Crippen molar-refractivity contribution in [1.29, 1.82) is 0 Å². The fourth-order valence-electron chi connectivity index (χ4n) is 5.19. The fraction of sp³-hybridized carbons (Fsp3) is 0.889. The highest BCUT2D eigenvalue weighted by Crippen LogP contribution is 2.60. The van der Waals surface area contributed by atoms with Gasteiger partial charge in [-0.15, -0.1) is 0 Å². The highest BCUT2D eigenvalue weighted by molar-refractivity contribution is 5.19. The van der Waals surface area contributed by atoms with Crippen molar-refractivity contribution < 1.29 is 0 Å². The van der Waals surface area contributed by atoms with Crippen LogP contribution < -0.4 is 0 Å². The third-order valence-electron chi connectivity index (χ3n) is 6.39. The van der Waals surface area contributed by atoms with Gasteiger partial charge in [-0.25, -0.2) is 0 Å². The van der Waals surface area contributed by atoms with E-state index in [1.165, 1.54) is 44.9 Å². The molecule has 0 radical (unpaired) electrons. The molecule has 2 saturated carbocycles. The molecule has 0 heterocycles. The van der Waals surface area contributed by atoms with Crippen LogP contribution in [0, 0.1) is 29.1 Å². The van der Waals surface area contributed by atoms with Gasteiger partial charge in [-0.1, -0.05) is 59.1 Å². The molecule has 0 aromatic rings. The zero-order valence-corrected chi connectivity index (χ0v) is 13.0. The quantitative estimate of drug-likeness (QED) is 0.549. The number of hydrogen-bond donors (Lipinski definition) is 0. The Hall–Kier alpha value is -0.260. The van der Waals surface area contributed by atoms with Gasteiger partial charge in [0.05, 0.1) is 0 Å².